The van der Waals surface area contributed by atoms with Crippen molar-refractivity contribution in [1.82, 2.24) is 9.38 Å². The normalized spacial score (nSPS) is 19.5. The van der Waals surface area contributed by atoms with Crippen LogP contribution in [0.5, 0.6) is 0 Å². The predicted molar refractivity (Wildman–Crippen MR) is 100.0 cm³/mol. The number of nitrogens with zero attached hydrogens (tertiary/aromatic N) is 5. The van der Waals surface area contributed by atoms with Crippen LogP contribution in [0.2, 0.25) is 0 Å². The van der Waals surface area contributed by atoms with Crippen molar-refractivity contribution in [3.63, 3.8) is 0 Å². The summed E-state index contributed by atoms with van der Waals surface area (Å²) >= 11 is 0. The minimum Gasteiger partial charge on any atom is -0.356 e. The summed E-state index contributed by atoms with van der Waals surface area (Å²) < 4.78 is 2.18. The second kappa shape index (κ2) is 5.75. The lowest BCUT2D eigenvalue weighted by atomic mass is 9.98. The molecule has 1 atom stereocenters. The zero-order valence-corrected chi connectivity index (χ0v) is 14.6. The number of benzene rings is 1. The number of hydrogen-bond donors (Lipinski definition) is 0. The number of rotatable bonds is 1. The fraction of sp³-hybridized carbons (Fsp3) is 0.381. The highest BCUT2D eigenvalue weighted by Gasteiger charge is 2.30. The van der Waals surface area contributed by atoms with E-state index in [4.69, 9.17) is 4.98 Å². The standard InChI is InChI=1S/C21H19N5/c22-11-14-5-4-10-25(13-14)21-16-7-3-6-15(16)17(12-23)20-24-18-8-1-2-9-19(18)26(20)21/h1-2,8-9,14H,3-7,10,13H2. The van der Waals surface area contributed by atoms with E-state index in [-0.39, 0.29) is 5.92 Å². The van der Waals surface area contributed by atoms with Crippen LogP contribution in [0.4, 0.5) is 5.82 Å². The smallest absolute Gasteiger partial charge is 0.157 e. The molecule has 1 saturated heterocycles. The molecule has 3 heterocycles. The van der Waals surface area contributed by atoms with Crippen LogP contribution in [-0.4, -0.2) is 22.5 Å². The zero-order valence-electron chi connectivity index (χ0n) is 14.6. The topological polar surface area (TPSA) is 68.1 Å². The first kappa shape index (κ1) is 15.2. The fourth-order valence-corrected chi connectivity index (χ4v) is 4.67. The largest absolute Gasteiger partial charge is 0.356 e. The molecule has 0 amide bonds. The average Bonchev–Trinajstić information content (AvgIpc) is 3.31. The molecular formula is C21H19N5. The van der Waals surface area contributed by atoms with E-state index in [9.17, 15) is 10.5 Å². The van der Waals surface area contributed by atoms with Crippen LogP contribution in [0, 0.1) is 28.6 Å². The Morgan fingerprint density at radius 2 is 1.92 bits per heavy atom. The second-order valence-corrected chi connectivity index (χ2v) is 7.29. The molecule has 5 heteroatoms. The Labute approximate surface area is 152 Å². The molecule has 1 unspecified atom stereocenters. The van der Waals surface area contributed by atoms with Crippen LogP contribution >= 0.6 is 0 Å². The van der Waals surface area contributed by atoms with Gasteiger partial charge in [0.2, 0.25) is 0 Å². The van der Waals surface area contributed by atoms with E-state index >= 15 is 0 Å². The Morgan fingerprint density at radius 3 is 2.77 bits per heavy atom. The van der Waals surface area contributed by atoms with Crippen molar-refractivity contribution in [1.29, 1.82) is 10.5 Å². The number of pyridine rings is 1. The highest BCUT2D eigenvalue weighted by Crippen LogP contribution is 2.39. The van der Waals surface area contributed by atoms with Gasteiger partial charge < -0.3 is 4.90 Å². The van der Waals surface area contributed by atoms with Gasteiger partial charge in [0.05, 0.1) is 28.6 Å². The van der Waals surface area contributed by atoms with Gasteiger partial charge in [-0.15, -0.1) is 0 Å². The Morgan fingerprint density at radius 1 is 1.08 bits per heavy atom. The maximum absolute atomic E-state index is 9.85. The van der Waals surface area contributed by atoms with Gasteiger partial charge in [-0.1, -0.05) is 12.1 Å². The first-order valence-corrected chi connectivity index (χ1v) is 9.31. The molecular weight excluding hydrogens is 322 g/mol. The highest BCUT2D eigenvalue weighted by atomic mass is 15.2. The maximum Gasteiger partial charge on any atom is 0.157 e. The van der Waals surface area contributed by atoms with Gasteiger partial charge in [-0.3, -0.25) is 4.40 Å². The summed E-state index contributed by atoms with van der Waals surface area (Å²) in [5, 5.41) is 19.3. The first-order valence-electron chi connectivity index (χ1n) is 9.31. The molecule has 1 aliphatic heterocycles. The van der Waals surface area contributed by atoms with Crippen LogP contribution in [0.3, 0.4) is 0 Å². The number of para-hydroxylation sites is 2. The van der Waals surface area contributed by atoms with Crippen molar-refractivity contribution >= 4 is 22.5 Å². The molecule has 1 fully saturated rings. The quantitative estimate of drug-likeness (QED) is 0.678. The van der Waals surface area contributed by atoms with E-state index < -0.39 is 0 Å². The van der Waals surface area contributed by atoms with Gasteiger partial charge in [0.15, 0.2) is 5.65 Å². The summed E-state index contributed by atoms with van der Waals surface area (Å²) in [5.74, 6) is 1.24. The summed E-state index contributed by atoms with van der Waals surface area (Å²) in [6, 6.07) is 13.0. The predicted octanol–water partition coefficient (Wildman–Crippen LogP) is 3.59. The first-order chi connectivity index (χ1) is 12.8. The van der Waals surface area contributed by atoms with E-state index in [2.05, 4.69) is 27.5 Å². The van der Waals surface area contributed by atoms with Crippen LogP contribution in [-0.2, 0) is 12.8 Å². The molecule has 0 spiro atoms. The van der Waals surface area contributed by atoms with Gasteiger partial charge in [-0.05, 0) is 55.4 Å². The number of imidazole rings is 1. The Bertz CT molecular complexity index is 1110. The van der Waals surface area contributed by atoms with Crippen molar-refractivity contribution in [3.8, 4) is 12.1 Å². The third-order valence-electron chi connectivity index (χ3n) is 5.80. The van der Waals surface area contributed by atoms with Gasteiger partial charge in [0.1, 0.15) is 11.9 Å². The van der Waals surface area contributed by atoms with Crippen LogP contribution < -0.4 is 4.90 Å². The third kappa shape index (κ3) is 2.04. The molecule has 1 aromatic carbocycles. The molecule has 3 aromatic rings. The summed E-state index contributed by atoms with van der Waals surface area (Å²) in [5.41, 5.74) is 5.92. The van der Waals surface area contributed by atoms with Gasteiger partial charge in [-0.25, -0.2) is 4.98 Å². The summed E-state index contributed by atoms with van der Waals surface area (Å²) in [6.07, 6.45) is 5.02. The number of nitriles is 2. The van der Waals surface area contributed by atoms with E-state index in [1.54, 1.807) is 0 Å². The lowest BCUT2D eigenvalue weighted by molar-refractivity contribution is 0.489. The van der Waals surface area contributed by atoms with Crippen LogP contribution in [0.15, 0.2) is 24.3 Å². The van der Waals surface area contributed by atoms with Gasteiger partial charge >= 0.3 is 0 Å². The molecule has 0 bridgehead atoms. The molecule has 0 radical (unpaired) electrons. The molecule has 0 saturated carbocycles. The van der Waals surface area contributed by atoms with Crippen molar-refractivity contribution in [2.45, 2.75) is 32.1 Å². The third-order valence-corrected chi connectivity index (χ3v) is 5.80. The number of hydrogen-bond acceptors (Lipinski definition) is 4. The lowest BCUT2D eigenvalue weighted by Crippen LogP contribution is -2.36. The van der Waals surface area contributed by atoms with Crippen LogP contribution in [0.1, 0.15) is 36.0 Å². The summed E-state index contributed by atoms with van der Waals surface area (Å²) in [4.78, 5) is 7.17. The van der Waals surface area contributed by atoms with Gasteiger partial charge in [0, 0.05) is 13.1 Å². The zero-order chi connectivity index (χ0) is 17.7. The van der Waals surface area contributed by atoms with Crippen molar-refractivity contribution < 1.29 is 0 Å². The molecule has 2 aromatic heterocycles. The molecule has 2 aliphatic rings. The van der Waals surface area contributed by atoms with E-state index in [0.29, 0.717) is 0 Å². The molecule has 0 N–H and O–H groups in total. The monoisotopic (exact) mass is 341 g/mol. The Kier molecular flexibility index (Phi) is 3.36. The SMILES string of the molecule is N#Cc1c2c(c(N3CCCC(C#N)C3)n3c1nc1ccccc13)CCC2. The lowest BCUT2D eigenvalue weighted by Gasteiger charge is -2.33. The van der Waals surface area contributed by atoms with E-state index in [1.807, 2.05) is 18.2 Å². The number of anilines is 1. The average molecular weight is 341 g/mol. The fourth-order valence-electron chi connectivity index (χ4n) is 4.67. The number of aromatic nitrogens is 2. The van der Waals surface area contributed by atoms with Crippen molar-refractivity contribution in [2.75, 3.05) is 18.0 Å². The second-order valence-electron chi connectivity index (χ2n) is 7.29. The molecule has 1 aliphatic carbocycles. The van der Waals surface area contributed by atoms with Crippen molar-refractivity contribution in [3.05, 3.63) is 41.0 Å². The number of piperidine rings is 1. The van der Waals surface area contributed by atoms with Crippen molar-refractivity contribution in [2.24, 2.45) is 5.92 Å². The molecule has 128 valence electrons. The van der Waals surface area contributed by atoms with Gasteiger partial charge in [0.25, 0.3) is 0 Å². The summed E-state index contributed by atoms with van der Waals surface area (Å²) in [7, 11) is 0. The maximum atomic E-state index is 9.85. The Hall–Kier alpha value is -3.05. The van der Waals surface area contributed by atoms with Crippen LogP contribution in [0.25, 0.3) is 16.7 Å². The minimum absolute atomic E-state index is 0.0706. The molecule has 26 heavy (non-hydrogen) atoms. The van der Waals surface area contributed by atoms with Gasteiger partial charge in [-0.2, -0.15) is 10.5 Å². The number of fused-ring (bicyclic) bond motifs is 4. The highest BCUT2D eigenvalue weighted by molar-refractivity contribution is 5.86. The van der Waals surface area contributed by atoms with E-state index in [0.717, 1.165) is 67.4 Å². The molecule has 5 nitrogen and oxygen atoms in total. The van der Waals surface area contributed by atoms with E-state index in [1.165, 1.54) is 16.9 Å². The Balaban J connectivity index is 1.87. The summed E-state index contributed by atoms with van der Waals surface area (Å²) in [6.45, 7) is 1.72. The molecule has 5 rings (SSSR count). The minimum atomic E-state index is 0.0706.